The lowest BCUT2D eigenvalue weighted by molar-refractivity contribution is -0.127. The molecule has 3 heterocycles. The number of nitrogens with one attached hydrogen (secondary N) is 1. The van der Waals surface area contributed by atoms with Gasteiger partial charge in [0.1, 0.15) is 5.69 Å². The van der Waals surface area contributed by atoms with Crippen LogP contribution in [0.15, 0.2) is 18.2 Å². The van der Waals surface area contributed by atoms with Crippen molar-refractivity contribution in [3.05, 3.63) is 29.6 Å². The number of aryl methyl sites for hydroxylation is 1. The summed E-state index contributed by atoms with van der Waals surface area (Å²) in [6, 6.07) is 6.53. The van der Waals surface area contributed by atoms with E-state index in [9.17, 15) is 9.59 Å². The average molecular weight is 370 g/mol. The molecule has 27 heavy (non-hydrogen) atoms. The maximum atomic E-state index is 12.7. The first-order chi connectivity index (χ1) is 13.1. The van der Waals surface area contributed by atoms with Crippen LogP contribution in [-0.4, -0.2) is 64.9 Å². The van der Waals surface area contributed by atoms with Gasteiger partial charge in [-0.15, -0.1) is 0 Å². The first-order valence-corrected chi connectivity index (χ1v) is 10.4. The summed E-state index contributed by atoms with van der Waals surface area (Å²) in [7, 11) is 0. The normalized spacial score (nSPS) is 24.6. The summed E-state index contributed by atoms with van der Waals surface area (Å²) in [4.78, 5) is 33.9. The van der Waals surface area contributed by atoms with Crippen LogP contribution in [0.25, 0.3) is 0 Å². The minimum absolute atomic E-state index is 0.0393. The van der Waals surface area contributed by atoms with Crippen molar-refractivity contribution in [2.75, 3.05) is 26.2 Å². The number of likely N-dealkylation sites (tertiary alicyclic amines) is 2. The van der Waals surface area contributed by atoms with Gasteiger partial charge in [-0.25, -0.2) is 4.98 Å². The Bertz CT molecular complexity index is 695. The van der Waals surface area contributed by atoms with Gasteiger partial charge in [0, 0.05) is 37.4 Å². The number of hydrogen-bond acceptors (Lipinski definition) is 4. The van der Waals surface area contributed by atoms with E-state index >= 15 is 0 Å². The zero-order valence-electron chi connectivity index (χ0n) is 16.2. The van der Waals surface area contributed by atoms with Crippen molar-refractivity contribution in [1.29, 1.82) is 0 Å². The Balaban J connectivity index is 1.29. The summed E-state index contributed by atoms with van der Waals surface area (Å²) in [5.41, 5.74) is 1.42. The van der Waals surface area contributed by atoms with Gasteiger partial charge in [-0.3, -0.25) is 14.5 Å². The van der Waals surface area contributed by atoms with Crippen molar-refractivity contribution < 1.29 is 9.59 Å². The van der Waals surface area contributed by atoms with E-state index in [4.69, 9.17) is 0 Å². The lowest BCUT2D eigenvalue weighted by Crippen LogP contribution is -2.51. The highest BCUT2D eigenvalue weighted by atomic mass is 16.2. The van der Waals surface area contributed by atoms with Gasteiger partial charge in [0.25, 0.3) is 5.91 Å². The van der Waals surface area contributed by atoms with Crippen LogP contribution in [0.2, 0.25) is 0 Å². The molecule has 0 radical (unpaired) electrons. The number of pyridine rings is 1. The quantitative estimate of drug-likeness (QED) is 0.880. The summed E-state index contributed by atoms with van der Waals surface area (Å²) in [6.45, 7) is 5.40. The molecule has 146 valence electrons. The van der Waals surface area contributed by atoms with Crippen LogP contribution >= 0.6 is 0 Å². The number of hydrogen-bond donors (Lipinski definition) is 1. The van der Waals surface area contributed by atoms with Crippen molar-refractivity contribution >= 4 is 11.8 Å². The Labute approximate surface area is 161 Å². The summed E-state index contributed by atoms with van der Waals surface area (Å²) in [5.74, 6) is 0.424. The molecule has 0 aromatic carbocycles. The maximum absolute atomic E-state index is 12.7. The van der Waals surface area contributed by atoms with Gasteiger partial charge in [0.15, 0.2) is 0 Å². The third-order valence-corrected chi connectivity index (χ3v) is 6.12. The molecule has 3 fully saturated rings. The second kappa shape index (κ2) is 7.97. The van der Waals surface area contributed by atoms with Crippen molar-refractivity contribution in [3.63, 3.8) is 0 Å². The van der Waals surface area contributed by atoms with Gasteiger partial charge in [-0.2, -0.15) is 0 Å². The van der Waals surface area contributed by atoms with Crippen LogP contribution in [0, 0.1) is 12.8 Å². The van der Waals surface area contributed by atoms with Gasteiger partial charge >= 0.3 is 0 Å². The summed E-state index contributed by atoms with van der Waals surface area (Å²) in [6.07, 6.45) is 6.35. The van der Waals surface area contributed by atoms with Crippen molar-refractivity contribution in [3.8, 4) is 0 Å². The summed E-state index contributed by atoms with van der Waals surface area (Å²) < 4.78 is 0. The zero-order chi connectivity index (χ0) is 18.8. The average Bonchev–Trinajstić information content (AvgIpc) is 3.51. The van der Waals surface area contributed by atoms with Gasteiger partial charge in [0.05, 0.1) is 5.92 Å². The Morgan fingerprint density at radius 2 is 1.85 bits per heavy atom. The monoisotopic (exact) mass is 370 g/mol. The maximum Gasteiger partial charge on any atom is 0.272 e. The Morgan fingerprint density at radius 3 is 2.56 bits per heavy atom. The molecule has 1 aromatic rings. The van der Waals surface area contributed by atoms with Crippen LogP contribution in [-0.2, 0) is 4.79 Å². The molecule has 2 saturated heterocycles. The molecule has 6 nitrogen and oxygen atoms in total. The summed E-state index contributed by atoms with van der Waals surface area (Å²) in [5, 5.41) is 3.17. The minimum atomic E-state index is 0.0393. The fourth-order valence-corrected chi connectivity index (χ4v) is 4.36. The Kier molecular flexibility index (Phi) is 5.43. The van der Waals surface area contributed by atoms with E-state index in [1.54, 1.807) is 6.07 Å². The number of aromatic nitrogens is 1. The molecule has 1 aliphatic carbocycles. The van der Waals surface area contributed by atoms with Gasteiger partial charge in [-0.1, -0.05) is 6.07 Å². The molecule has 2 amide bonds. The van der Waals surface area contributed by atoms with E-state index in [0.717, 1.165) is 70.4 Å². The number of piperidine rings is 2. The van der Waals surface area contributed by atoms with E-state index < -0.39 is 0 Å². The van der Waals surface area contributed by atoms with E-state index in [2.05, 4.69) is 15.2 Å². The number of amides is 2. The molecular formula is C21H30N4O2. The third kappa shape index (κ3) is 4.49. The topological polar surface area (TPSA) is 65.5 Å². The highest BCUT2D eigenvalue weighted by Crippen LogP contribution is 2.26. The highest BCUT2D eigenvalue weighted by Gasteiger charge is 2.34. The predicted octanol–water partition coefficient (Wildman–Crippen LogP) is 1.99. The number of carbonyl (C=O) groups excluding carboxylic acids is 2. The lowest BCUT2D eigenvalue weighted by Gasteiger charge is -2.42. The Hall–Kier alpha value is -1.95. The fraction of sp³-hybridized carbons (Fsp3) is 0.667. The van der Waals surface area contributed by atoms with Gasteiger partial charge in [-0.05, 0) is 64.1 Å². The van der Waals surface area contributed by atoms with Crippen LogP contribution in [0.3, 0.4) is 0 Å². The first kappa shape index (κ1) is 18.4. The molecule has 0 bridgehead atoms. The standard InChI is InChI=1S/C21H30N4O2/c1-15-4-2-6-19(22-15)21(27)24-12-9-18(10-13-24)25-11-3-5-16(14-25)20(26)23-17-7-8-17/h2,4,6,16-18H,3,5,7-14H2,1H3,(H,23,26)/t16-/m1/s1. The highest BCUT2D eigenvalue weighted by molar-refractivity contribution is 5.92. The predicted molar refractivity (Wildman–Crippen MR) is 103 cm³/mol. The van der Waals surface area contributed by atoms with E-state index in [1.807, 2.05) is 24.0 Å². The van der Waals surface area contributed by atoms with E-state index in [1.165, 1.54) is 0 Å². The van der Waals surface area contributed by atoms with Crippen molar-refractivity contribution in [2.24, 2.45) is 5.92 Å². The fourth-order valence-electron chi connectivity index (χ4n) is 4.36. The van der Waals surface area contributed by atoms with E-state index in [-0.39, 0.29) is 17.7 Å². The molecule has 0 unspecified atom stereocenters. The van der Waals surface area contributed by atoms with Crippen LogP contribution < -0.4 is 5.32 Å². The molecule has 4 rings (SSSR count). The number of carbonyl (C=O) groups is 2. The smallest absolute Gasteiger partial charge is 0.272 e. The van der Waals surface area contributed by atoms with Crippen molar-refractivity contribution in [1.82, 2.24) is 20.1 Å². The second-order valence-corrected chi connectivity index (χ2v) is 8.30. The number of nitrogens with zero attached hydrogens (tertiary/aromatic N) is 3. The molecule has 1 N–H and O–H groups in total. The summed E-state index contributed by atoms with van der Waals surface area (Å²) >= 11 is 0. The molecule has 6 heteroatoms. The van der Waals surface area contributed by atoms with Crippen LogP contribution in [0.4, 0.5) is 0 Å². The largest absolute Gasteiger partial charge is 0.353 e. The SMILES string of the molecule is Cc1cccc(C(=O)N2CCC(N3CCC[C@@H](C(=O)NC4CC4)C3)CC2)n1. The minimum Gasteiger partial charge on any atom is -0.353 e. The number of rotatable bonds is 4. The lowest BCUT2D eigenvalue weighted by atomic mass is 9.93. The van der Waals surface area contributed by atoms with Gasteiger partial charge < -0.3 is 10.2 Å². The third-order valence-electron chi connectivity index (χ3n) is 6.12. The van der Waals surface area contributed by atoms with Crippen LogP contribution in [0.5, 0.6) is 0 Å². The van der Waals surface area contributed by atoms with Crippen LogP contribution in [0.1, 0.15) is 54.7 Å². The first-order valence-electron chi connectivity index (χ1n) is 10.4. The molecular weight excluding hydrogens is 340 g/mol. The molecule has 1 saturated carbocycles. The zero-order valence-corrected chi connectivity index (χ0v) is 16.2. The molecule has 0 spiro atoms. The van der Waals surface area contributed by atoms with E-state index in [0.29, 0.717) is 17.8 Å². The molecule has 1 atom stereocenters. The molecule has 1 aromatic heterocycles. The molecule has 3 aliphatic rings. The van der Waals surface area contributed by atoms with Crippen molar-refractivity contribution in [2.45, 2.75) is 57.5 Å². The molecule has 2 aliphatic heterocycles. The second-order valence-electron chi connectivity index (χ2n) is 8.30. The van der Waals surface area contributed by atoms with Gasteiger partial charge in [0.2, 0.25) is 5.91 Å². The Morgan fingerprint density at radius 1 is 1.07 bits per heavy atom.